The summed E-state index contributed by atoms with van der Waals surface area (Å²) in [6.07, 6.45) is 5.85. The number of nitrogens with one attached hydrogen (secondary N) is 2. The highest BCUT2D eigenvalue weighted by Gasteiger charge is 2.39. The molecule has 0 radical (unpaired) electrons. The van der Waals surface area contributed by atoms with Crippen LogP contribution in [0.1, 0.15) is 62.7 Å². The van der Waals surface area contributed by atoms with Crippen molar-refractivity contribution in [2.75, 3.05) is 66.7 Å². The standard InChI is InChI=1S/C31H50N4O5/c1-22(2)34(31(37)24-6-9-28(39-4)29(17-24)40-15-5-14-38-3)20-25-18-33-19-26(25)21-35(27-7-8-27)30(36)16-23-10-12-32-13-11-23/h6,9,17,22-23,25-27,32-33H,5,7-8,10-16,18-21H2,1-4H3/t25-,26-/m0/s1. The zero-order chi connectivity index (χ0) is 28.5. The average Bonchev–Trinajstić information content (AvgIpc) is 3.71. The number of benzene rings is 1. The molecule has 2 amide bonds. The minimum Gasteiger partial charge on any atom is -0.493 e. The number of carbonyl (C=O) groups excluding carboxylic acids is 2. The Labute approximate surface area is 240 Å². The van der Waals surface area contributed by atoms with E-state index in [9.17, 15) is 9.59 Å². The average molecular weight is 559 g/mol. The molecular weight excluding hydrogens is 508 g/mol. The molecule has 4 rings (SSSR count). The summed E-state index contributed by atoms with van der Waals surface area (Å²) in [6.45, 7) is 10.5. The maximum Gasteiger partial charge on any atom is 0.254 e. The van der Waals surface area contributed by atoms with Gasteiger partial charge < -0.3 is 34.6 Å². The maximum absolute atomic E-state index is 13.8. The van der Waals surface area contributed by atoms with Gasteiger partial charge in [-0.2, -0.15) is 0 Å². The summed E-state index contributed by atoms with van der Waals surface area (Å²) in [5, 5.41) is 6.96. The van der Waals surface area contributed by atoms with E-state index in [1.165, 1.54) is 0 Å². The van der Waals surface area contributed by atoms with Crippen molar-refractivity contribution >= 4 is 11.8 Å². The van der Waals surface area contributed by atoms with Crippen LogP contribution in [0.4, 0.5) is 0 Å². The highest BCUT2D eigenvalue weighted by Crippen LogP contribution is 2.33. The smallest absolute Gasteiger partial charge is 0.254 e. The van der Waals surface area contributed by atoms with E-state index >= 15 is 0 Å². The normalized spacial score (nSPS) is 21.4. The second-order valence-corrected chi connectivity index (χ2v) is 12.0. The summed E-state index contributed by atoms with van der Waals surface area (Å²) < 4.78 is 16.5. The Morgan fingerprint density at radius 3 is 2.33 bits per heavy atom. The van der Waals surface area contributed by atoms with Gasteiger partial charge in [0.25, 0.3) is 5.91 Å². The lowest BCUT2D eigenvalue weighted by molar-refractivity contribution is -0.133. The van der Waals surface area contributed by atoms with Crippen molar-refractivity contribution in [3.8, 4) is 11.5 Å². The van der Waals surface area contributed by atoms with E-state index in [1.807, 2.05) is 11.0 Å². The Balaban J connectivity index is 1.40. The number of hydrogen-bond donors (Lipinski definition) is 2. The second-order valence-electron chi connectivity index (χ2n) is 12.0. The Morgan fingerprint density at radius 2 is 1.68 bits per heavy atom. The lowest BCUT2D eigenvalue weighted by Gasteiger charge is -2.34. The van der Waals surface area contributed by atoms with Crippen LogP contribution in [0.3, 0.4) is 0 Å². The van der Waals surface area contributed by atoms with Crippen molar-refractivity contribution in [3.05, 3.63) is 23.8 Å². The number of methoxy groups -OCH3 is 2. The number of piperidine rings is 1. The van der Waals surface area contributed by atoms with Gasteiger partial charge in [-0.3, -0.25) is 9.59 Å². The van der Waals surface area contributed by atoms with Gasteiger partial charge in [-0.1, -0.05) is 0 Å². The topological polar surface area (TPSA) is 92.4 Å². The largest absolute Gasteiger partial charge is 0.493 e. The zero-order valence-corrected chi connectivity index (χ0v) is 25.0. The number of amides is 2. The van der Waals surface area contributed by atoms with Crippen molar-refractivity contribution < 1.29 is 23.8 Å². The molecule has 1 aromatic carbocycles. The van der Waals surface area contributed by atoms with Crippen LogP contribution in [0, 0.1) is 17.8 Å². The summed E-state index contributed by atoms with van der Waals surface area (Å²) in [7, 11) is 3.27. The molecule has 224 valence electrons. The van der Waals surface area contributed by atoms with Crippen molar-refractivity contribution in [1.82, 2.24) is 20.4 Å². The fraction of sp³-hybridized carbons (Fsp3) is 0.742. The molecule has 2 heterocycles. The monoisotopic (exact) mass is 558 g/mol. The van der Waals surface area contributed by atoms with Gasteiger partial charge in [-0.05, 0) is 88.6 Å². The minimum atomic E-state index is -0.00826. The molecule has 0 aromatic heterocycles. The Morgan fingerprint density at radius 1 is 0.950 bits per heavy atom. The predicted molar refractivity (Wildman–Crippen MR) is 156 cm³/mol. The van der Waals surface area contributed by atoms with Crippen molar-refractivity contribution in [2.24, 2.45) is 17.8 Å². The molecule has 1 aromatic rings. The first-order valence-electron chi connectivity index (χ1n) is 15.2. The van der Waals surface area contributed by atoms with E-state index in [2.05, 4.69) is 29.4 Å². The quantitative estimate of drug-likeness (QED) is 0.320. The number of ether oxygens (including phenoxy) is 3. The number of rotatable bonds is 15. The van der Waals surface area contributed by atoms with Crippen LogP contribution in [0.5, 0.6) is 11.5 Å². The molecule has 0 unspecified atom stereocenters. The molecule has 9 heteroatoms. The summed E-state index contributed by atoms with van der Waals surface area (Å²) in [5.74, 6) is 2.63. The Kier molecular flexibility index (Phi) is 11.5. The first-order valence-corrected chi connectivity index (χ1v) is 15.2. The van der Waals surface area contributed by atoms with Crippen LogP contribution < -0.4 is 20.1 Å². The first kappa shape index (κ1) is 30.6. The van der Waals surface area contributed by atoms with E-state index in [-0.39, 0.29) is 11.9 Å². The molecule has 1 saturated carbocycles. The third-order valence-electron chi connectivity index (χ3n) is 8.62. The summed E-state index contributed by atoms with van der Waals surface area (Å²) in [4.78, 5) is 31.4. The van der Waals surface area contributed by atoms with E-state index in [4.69, 9.17) is 14.2 Å². The van der Waals surface area contributed by atoms with E-state index in [0.29, 0.717) is 72.9 Å². The molecule has 2 aliphatic heterocycles. The molecule has 3 aliphatic rings. The molecular formula is C31H50N4O5. The van der Waals surface area contributed by atoms with Crippen LogP contribution >= 0.6 is 0 Å². The molecule has 1 aliphatic carbocycles. The molecule has 0 bridgehead atoms. The Hall–Kier alpha value is -2.36. The molecule has 2 saturated heterocycles. The fourth-order valence-corrected chi connectivity index (χ4v) is 6.01. The molecule has 40 heavy (non-hydrogen) atoms. The predicted octanol–water partition coefficient (Wildman–Crippen LogP) is 3.18. The highest BCUT2D eigenvalue weighted by molar-refractivity contribution is 5.95. The van der Waals surface area contributed by atoms with Crippen LogP contribution in [-0.4, -0.2) is 100 Å². The van der Waals surface area contributed by atoms with Crippen LogP contribution in [0.2, 0.25) is 0 Å². The van der Waals surface area contributed by atoms with Crippen LogP contribution in [0.15, 0.2) is 18.2 Å². The molecule has 9 nitrogen and oxygen atoms in total. The molecule has 3 fully saturated rings. The summed E-state index contributed by atoms with van der Waals surface area (Å²) in [5.41, 5.74) is 0.593. The first-order chi connectivity index (χ1) is 19.4. The maximum atomic E-state index is 13.8. The van der Waals surface area contributed by atoms with E-state index in [1.54, 1.807) is 26.4 Å². The third kappa shape index (κ3) is 8.33. The molecule has 0 spiro atoms. The van der Waals surface area contributed by atoms with Gasteiger partial charge in [0, 0.05) is 70.4 Å². The van der Waals surface area contributed by atoms with Crippen LogP contribution in [-0.2, 0) is 9.53 Å². The van der Waals surface area contributed by atoms with Gasteiger partial charge in [-0.25, -0.2) is 0 Å². The van der Waals surface area contributed by atoms with Gasteiger partial charge in [-0.15, -0.1) is 0 Å². The number of carbonyl (C=O) groups is 2. The van der Waals surface area contributed by atoms with Gasteiger partial charge in [0.05, 0.1) is 13.7 Å². The SMILES string of the molecule is COCCCOc1cc(C(=O)N(C[C@@H]2CNC[C@H]2CN(C(=O)CC2CCNCC2)C2CC2)C(C)C)ccc1OC. The fourth-order valence-electron chi connectivity index (χ4n) is 6.01. The minimum absolute atomic E-state index is 0.00826. The lowest BCUT2D eigenvalue weighted by Crippen LogP contribution is -2.45. The summed E-state index contributed by atoms with van der Waals surface area (Å²) >= 11 is 0. The lowest BCUT2D eigenvalue weighted by atomic mass is 9.92. The van der Waals surface area contributed by atoms with Crippen LogP contribution in [0.25, 0.3) is 0 Å². The number of nitrogens with zero attached hydrogens (tertiary/aromatic N) is 2. The van der Waals surface area contributed by atoms with Crippen molar-refractivity contribution in [2.45, 2.75) is 64.5 Å². The number of hydrogen-bond acceptors (Lipinski definition) is 7. The third-order valence-corrected chi connectivity index (χ3v) is 8.62. The second kappa shape index (κ2) is 15.0. The van der Waals surface area contributed by atoms with Gasteiger partial charge >= 0.3 is 0 Å². The van der Waals surface area contributed by atoms with Gasteiger partial charge in [0.1, 0.15) is 0 Å². The van der Waals surface area contributed by atoms with Crippen molar-refractivity contribution in [1.29, 1.82) is 0 Å². The van der Waals surface area contributed by atoms with Gasteiger partial charge in [0.15, 0.2) is 11.5 Å². The molecule has 2 N–H and O–H groups in total. The molecule has 2 atom stereocenters. The van der Waals surface area contributed by atoms with Gasteiger partial charge in [0.2, 0.25) is 5.91 Å². The Bertz CT molecular complexity index is 963. The zero-order valence-electron chi connectivity index (χ0n) is 25.0. The highest BCUT2D eigenvalue weighted by atomic mass is 16.5. The summed E-state index contributed by atoms with van der Waals surface area (Å²) in [6, 6.07) is 5.86. The van der Waals surface area contributed by atoms with Crippen molar-refractivity contribution in [3.63, 3.8) is 0 Å². The van der Waals surface area contributed by atoms with E-state index < -0.39 is 0 Å². The van der Waals surface area contributed by atoms with E-state index in [0.717, 1.165) is 64.8 Å².